The molecule has 42 heavy (non-hydrogen) atoms. The zero-order chi connectivity index (χ0) is 32.0. The molecule has 2 unspecified atom stereocenters. The molecule has 9 nitrogen and oxygen atoms in total. The average molecular weight is 581 g/mol. The number of nitrogens with zero attached hydrogens (tertiary/aromatic N) is 1. The van der Waals surface area contributed by atoms with E-state index in [1.165, 1.54) is 4.90 Å². The van der Waals surface area contributed by atoms with E-state index in [4.69, 9.17) is 10.5 Å². The van der Waals surface area contributed by atoms with E-state index in [1.807, 2.05) is 84.9 Å². The van der Waals surface area contributed by atoms with Gasteiger partial charge in [0.15, 0.2) is 0 Å². The molecule has 0 fully saturated rings. The van der Waals surface area contributed by atoms with Gasteiger partial charge in [0, 0.05) is 17.6 Å². The van der Waals surface area contributed by atoms with Crippen LogP contribution in [0, 0.1) is 27.7 Å². The van der Waals surface area contributed by atoms with Crippen molar-refractivity contribution < 1.29 is 23.9 Å². The van der Waals surface area contributed by atoms with Crippen molar-refractivity contribution in [2.75, 3.05) is 5.32 Å². The highest BCUT2D eigenvalue weighted by atomic mass is 16.6. The number of para-hydroxylation sites is 1. The number of rotatable bonds is 11. The van der Waals surface area contributed by atoms with Crippen LogP contribution in [0.4, 0.5) is 10.5 Å². The first-order valence-corrected chi connectivity index (χ1v) is 14.4. The van der Waals surface area contributed by atoms with Crippen LogP contribution in [0.1, 0.15) is 94.7 Å². The molecule has 2 aromatic carbocycles. The Bertz CT molecular complexity index is 1270. The highest BCUT2D eigenvalue weighted by molar-refractivity contribution is 6.00. The molecule has 2 rings (SSSR count). The van der Waals surface area contributed by atoms with Crippen molar-refractivity contribution in [1.82, 2.24) is 10.2 Å². The van der Waals surface area contributed by atoms with Crippen LogP contribution >= 0.6 is 0 Å². The van der Waals surface area contributed by atoms with Crippen LogP contribution in [0.3, 0.4) is 0 Å². The average Bonchev–Trinajstić information content (AvgIpc) is 2.84. The standard InChI is InChI=1S/C33H48N4O5/c1-11-33(9,10)37(30(40)25(15-16-26(34)38)35-31(41)42-32(6,7)8)28(24-18-20(2)17-21(3)19-24)29(39)36-27-22(4)13-12-14-23(27)5/h12-14,17-19,25,28H,11,15-16H2,1-10H3,(H2,34,38)(H,35,41)(H,36,39). The number of primary amides is 1. The third-order valence-corrected chi connectivity index (χ3v) is 7.22. The lowest BCUT2D eigenvalue weighted by Gasteiger charge is -2.44. The summed E-state index contributed by atoms with van der Waals surface area (Å²) in [5.74, 6) is -1.52. The van der Waals surface area contributed by atoms with E-state index in [2.05, 4.69) is 10.6 Å². The van der Waals surface area contributed by atoms with E-state index in [0.29, 0.717) is 17.7 Å². The normalized spacial score (nSPS) is 13.1. The molecule has 2 aromatic rings. The Morgan fingerprint density at radius 1 is 0.929 bits per heavy atom. The summed E-state index contributed by atoms with van der Waals surface area (Å²) in [6.45, 7) is 18.5. The van der Waals surface area contributed by atoms with Crippen molar-refractivity contribution in [3.8, 4) is 0 Å². The molecule has 0 spiro atoms. The number of carbonyl (C=O) groups is 4. The van der Waals surface area contributed by atoms with Crippen molar-refractivity contribution in [2.45, 2.75) is 112 Å². The van der Waals surface area contributed by atoms with E-state index in [9.17, 15) is 19.2 Å². The fourth-order valence-electron chi connectivity index (χ4n) is 4.90. The van der Waals surface area contributed by atoms with Crippen molar-refractivity contribution >= 4 is 29.5 Å². The van der Waals surface area contributed by atoms with Crippen LogP contribution < -0.4 is 16.4 Å². The number of anilines is 1. The lowest BCUT2D eigenvalue weighted by molar-refractivity contribution is -0.148. The lowest BCUT2D eigenvalue weighted by atomic mass is 9.90. The largest absolute Gasteiger partial charge is 0.444 e. The topological polar surface area (TPSA) is 131 Å². The lowest BCUT2D eigenvalue weighted by Crippen LogP contribution is -2.59. The van der Waals surface area contributed by atoms with Crippen LogP contribution in [0.5, 0.6) is 0 Å². The molecule has 0 saturated heterocycles. The predicted molar refractivity (Wildman–Crippen MR) is 166 cm³/mol. The maximum atomic E-state index is 14.6. The number of ether oxygens (including phenoxy) is 1. The number of carbonyl (C=O) groups excluding carboxylic acids is 4. The molecule has 9 heteroatoms. The van der Waals surface area contributed by atoms with Crippen LogP contribution in [0.2, 0.25) is 0 Å². The number of amides is 4. The Kier molecular flexibility index (Phi) is 11.3. The van der Waals surface area contributed by atoms with Gasteiger partial charge in [-0.05, 0) is 91.8 Å². The second-order valence-corrected chi connectivity index (χ2v) is 12.7. The summed E-state index contributed by atoms with van der Waals surface area (Å²) in [6, 6.07) is 9.32. The first kappa shape index (κ1) is 34.3. The summed E-state index contributed by atoms with van der Waals surface area (Å²) in [7, 11) is 0. The van der Waals surface area contributed by atoms with E-state index in [1.54, 1.807) is 20.8 Å². The minimum absolute atomic E-state index is 0.0538. The van der Waals surface area contributed by atoms with Crippen molar-refractivity contribution in [3.05, 3.63) is 64.2 Å². The summed E-state index contributed by atoms with van der Waals surface area (Å²) in [4.78, 5) is 55.1. The van der Waals surface area contributed by atoms with Gasteiger partial charge in [0.05, 0.1) is 0 Å². The Morgan fingerprint density at radius 3 is 1.95 bits per heavy atom. The van der Waals surface area contributed by atoms with Crippen molar-refractivity contribution in [1.29, 1.82) is 0 Å². The maximum Gasteiger partial charge on any atom is 0.408 e. The molecule has 0 radical (unpaired) electrons. The third-order valence-electron chi connectivity index (χ3n) is 7.22. The summed E-state index contributed by atoms with van der Waals surface area (Å²) in [5, 5.41) is 5.74. The summed E-state index contributed by atoms with van der Waals surface area (Å²) < 4.78 is 5.43. The number of benzene rings is 2. The molecule has 0 heterocycles. The molecule has 4 amide bonds. The van der Waals surface area contributed by atoms with Crippen molar-refractivity contribution in [3.63, 3.8) is 0 Å². The minimum atomic E-state index is -1.17. The van der Waals surface area contributed by atoms with E-state index < -0.39 is 47.0 Å². The van der Waals surface area contributed by atoms with Gasteiger partial charge in [-0.1, -0.05) is 54.4 Å². The van der Waals surface area contributed by atoms with Gasteiger partial charge in [0.2, 0.25) is 11.8 Å². The maximum absolute atomic E-state index is 14.6. The monoisotopic (exact) mass is 580 g/mol. The van der Waals surface area contributed by atoms with E-state index in [-0.39, 0.29) is 12.8 Å². The van der Waals surface area contributed by atoms with Crippen LogP contribution in [-0.2, 0) is 19.1 Å². The first-order chi connectivity index (χ1) is 19.4. The van der Waals surface area contributed by atoms with Crippen LogP contribution in [-0.4, -0.2) is 45.9 Å². The second-order valence-electron chi connectivity index (χ2n) is 12.7. The molecular formula is C33H48N4O5. The first-order valence-electron chi connectivity index (χ1n) is 14.4. The van der Waals surface area contributed by atoms with Gasteiger partial charge < -0.3 is 26.0 Å². The smallest absolute Gasteiger partial charge is 0.408 e. The number of hydrogen-bond acceptors (Lipinski definition) is 5. The van der Waals surface area contributed by atoms with Gasteiger partial charge in [-0.2, -0.15) is 0 Å². The molecule has 0 aromatic heterocycles. The van der Waals surface area contributed by atoms with Gasteiger partial charge in [-0.25, -0.2) is 4.79 Å². The van der Waals surface area contributed by atoms with Gasteiger partial charge in [0.1, 0.15) is 17.7 Å². The Morgan fingerprint density at radius 2 is 1.48 bits per heavy atom. The van der Waals surface area contributed by atoms with Crippen LogP contribution in [0.15, 0.2) is 36.4 Å². The fraction of sp³-hybridized carbons (Fsp3) is 0.515. The molecule has 0 aliphatic carbocycles. The zero-order valence-electron chi connectivity index (χ0n) is 26.8. The van der Waals surface area contributed by atoms with E-state index in [0.717, 1.165) is 22.3 Å². The number of nitrogens with one attached hydrogen (secondary N) is 2. The van der Waals surface area contributed by atoms with E-state index >= 15 is 0 Å². The van der Waals surface area contributed by atoms with Gasteiger partial charge >= 0.3 is 6.09 Å². The highest BCUT2D eigenvalue weighted by Crippen LogP contribution is 2.35. The van der Waals surface area contributed by atoms with Crippen molar-refractivity contribution in [2.24, 2.45) is 5.73 Å². The molecule has 0 saturated carbocycles. The Balaban J connectivity index is 2.74. The SMILES string of the molecule is CCC(C)(C)N(C(=O)C(CCC(N)=O)NC(=O)OC(C)(C)C)C(C(=O)Nc1c(C)cccc1C)c1cc(C)cc(C)c1. The summed E-state index contributed by atoms with van der Waals surface area (Å²) in [6.07, 6.45) is -0.495. The van der Waals surface area contributed by atoms with Gasteiger partial charge in [-0.3, -0.25) is 14.4 Å². The minimum Gasteiger partial charge on any atom is -0.444 e. The number of alkyl carbamates (subject to hydrolysis) is 1. The van der Waals surface area contributed by atoms with Gasteiger partial charge in [0.25, 0.3) is 5.91 Å². The Hall–Kier alpha value is -3.88. The molecule has 0 bridgehead atoms. The number of nitrogens with two attached hydrogens (primary N) is 1. The van der Waals surface area contributed by atoms with Gasteiger partial charge in [-0.15, -0.1) is 0 Å². The fourth-order valence-corrected chi connectivity index (χ4v) is 4.90. The number of aryl methyl sites for hydroxylation is 4. The molecule has 0 aliphatic rings. The second kappa shape index (κ2) is 13.9. The molecule has 0 aliphatic heterocycles. The molecule has 4 N–H and O–H groups in total. The third kappa shape index (κ3) is 9.33. The molecule has 230 valence electrons. The number of hydrogen-bond donors (Lipinski definition) is 3. The summed E-state index contributed by atoms with van der Waals surface area (Å²) >= 11 is 0. The summed E-state index contributed by atoms with van der Waals surface area (Å²) in [5.41, 5.74) is 8.76. The Labute approximate surface area is 250 Å². The highest BCUT2D eigenvalue weighted by Gasteiger charge is 2.43. The quantitative estimate of drug-likeness (QED) is 0.310. The molecule has 2 atom stereocenters. The zero-order valence-corrected chi connectivity index (χ0v) is 26.8. The van der Waals surface area contributed by atoms with Crippen LogP contribution in [0.25, 0.3) is 0 Å². The predicted octanol–water partition coefficient (Wildman–Crippen LogP) is 5.78. The molecular weight excluding hydrogens is 532 g/mol.